The van der Waals surface area contributed by atoms with Crippen LogP contribution in [0.2, 0.25) is 0 Å². The predicted octanol–water partition coefficient (Wildman–Crippen LogP) is 2.48. The summed E-state index contributed by atoms with van der Waals surface area (Å²) in [5, 5.41) is 21.0. The average Bonchev–Trinajstić information content (AvgIpc) is 2.90. The molecule has 1 aromatic heterocycles. The van der Waals surface area contributed by atoms with Crippen molar-refractivity contribution in [1.82, 2.24) is 15.3 Å². The summed E-state index contributed by atoms with van der Waals surface area (Å²) in [6, 6.07) is 8.37. The molecule has 1 saturated heterocycles. The van der Waals surface area contributed by atoms with Crippen molar-refractivity contribution in [2.45, 2.75) is 18.3 Å². The van der Waals surface area contributed by atoms with Crippen LogP contribution in [0.3, 0.4) is 0 Å². The fourth-order valence-electron chi connectivity index (χ4n) is 3.90. The molecule has 0 radical (unpaired) electrons. The third-order valence-electron chi connectivity index (χ3n) is 5.16. The average molecular weight is 364 g/mol. The second kappa shape index (κ2) is 6.85. The Morgan fingerprint density at radius 1 is 1.04 bits per heavy atom. The van der Waals surface area contributed by atoms with Crippen LogP contribution in [0.1, 0.15) is 39.7 Å². The molecule has 138 valence electrons. The van der Waals surface area contributed by atoms with Crippen molar-refractivity contribution < 1.29 is 15.0 Å². The maximum absolute atomic E-state index is 10.3. The van der Waals surface area contributed by atoms with Gasteiger partial charge in [-0.2, -0.15) is 0 Å². The number of nitrogen functional groups attached to an aromatic ring is 1. The lowest BCUT2D eigenvalue weighted by molar-refractivity contribution is 0.0694. The summed E-state index contributed by atoms with van der Waals surface area (Å²) in [7, 11) is 0. The molecular formula is C20H20N4O3. The quantitative estimate of drug-likeness (QED) is 0.489. The van der Waals surface area contributed by atoms with Gasteiger partial charge in [0.05, 0.1) is 11.0 Å². The Balaban J connectivity index is 0.000000145. The molecule has 0 spiro atoms. The van der Waals surface area contributed by atoms with Crippen molar-refractivity contribution in [2.75, 3.05) is 18.8 Å². The summed E-state index contributed by atoms with van der Waals surface area (Å²) in [6.45, 7) is 2.24. The fourth-order valence-corrected chi connectivity index (χ4v) is 3.90. The molecule has 5 rings (SSSR count). The van der Waals surface area contributed by atoms with E-state index in [2.05, 4.69) is 27.4 Å². The predicted molar refractivity (Wildman–Crippen MR) is 102 cm³/mol. The summed E-state index contributed by atoms with van der Waals surface area (Å²) < 4.78 is 0. The molecule has 1 aliphatic heterocycles. The highest BCUT2D eigenvalue weighted by Crippen LogP contribution is 2.44. The van der Waals surface area contributed by atoms with E-state index in [-0.39, 0.29) is 11.3 Å². The van der Waals surface area contributed by atoms with E-state index in [1.807, 2.05) is 0 Å². The zero-order valence-electron chi connectivity index (χ0n) is 14.6. The smallest absolute Gasteiger partial charge is 0.339 e. The molecule has 3 aromatic rings. The highest BCUT2D eigenvalue weighted by Gasteiger charge is 2.34. The lowest BCUT2D eigenvalue weighted by atomic mass is 9.98. The number of phenols is 1. The SMILES string of the molecule is Nc1ccc(C(=O)O)c(O)c1.c1cnc2cc3c(cc2n1)[C@@H]1CNC[C@H]3C1. The maximum atomic E-state index is 10.3. The number of carbonyl (C=O) groups is 1. The molecule has 0 unspecified atom stereocenters. The first kappa shape index (κ1) is 17.2. The number of nitrogens with one attached hydrogen (secondary N) is 1. The standard InChI is InChI=1S/C13H13N3.C7H7NO3/c1-2-16-13-5-11-9-3-8(6-14-7-9)10(11)4-12(13)15-1;8-4-1-2-5(7(10)11)6(9)3-4/h1-2,4-5,8-9,14H,3,6-7H2;1-3,9H,8H2,(H,10,11)/t8-,9+;. The van der Waals surface area contributed by atoms with Crippen LogP contribution in [0.25, 0.3) is 11.0 Å². The van der Waals surface area contributed by atoms with Crippen LogP contribution in [0.15, 0.2) is 42.7 Å². The van der Waals surface area contributed by atoms with Gasteiger partial charge in [0.15, 0.2) is 0 Å². The van der Waals surface area contributed by atoms with E-state index < -0.39 is 5.97 Å². The summed E-state index contributed by atoms with van der Waals surface area (Å²) in [6.07, 6.45) is 4.85. The molecule has 2 aliphatic rings. The first-order valence-electron chi connectivity index (χ1n) is 8.80. The first-order valence-corrected chi connectivity index (χ1v) is 8.80. The highest BCUT2D eigenvalue weighted by atomic mass is 16.4. The van der Waals surface area contributed by atoms with Crippen LogP contribution in [0.4, 0.5) is 5.69 Å². The number of nitrogens with zero attached hydrogens (tertiary/aromatic N) is 2. The van der Waals surface area contributed by atoms with Gasteiger partial charge in [-0.25, -0.2) is 4.79 Å². The Morgan fingerprint density at radius 2 is 1.63 bits per heavy atom. The Bertz CT molecular complexity index is 973. The second-order valence-electron chi connectivity index (χ2n) is 6.90. The van der Waals surface area contributed by atoms with E-state index in [0.29, 0.717) is 17.5 Å². The summed E-state index contributed by atoms with van der Waals surface area (Å²) >= 11 is 0. The molecular weight excluding hydrogens is 344 g/mol. The largest absolute Gasteiger partial charge is 0.507 e. The number of hydrogen-bond acceptors (Lipinski definition) is 6. The number of aromatic carboxylic acids is 1. The highest BCUT2D eigenvalue weighted by molar-refractivity contribution is 5.91. The van der Waals surface area contributed by atoms with Crippen LogP contribution >= 0.6 is 0 Å². The minimum absolute atomic E-state index is 0.140. The molecule has 2 heterocycles. The van der Waals surface area contributed by atoms with Crippen LogP contribution in [-0.2, 0) is 0 Å². The van der Waals surface area contributed by atoms with Crippen molar-refractivity contribution in [3.8, 4) is 5.75 Å². The number of benzene rings is 2. The van der Waals surface area contributed by atoms with Crippen LogP contribution < -0.4 is 11.1 Å². The van der Waals surface area contributed by atoms with E-state index in [9.17, 15) is 4.79 Å². The maximum Gasteiger partial charge on any atom is 0.339 e. The second-order valence-corrected chi connectivity index (χ2v) is 6.90. The number of hydrogen-bond donors (Lipinski definition) is 4. The molecule has 1 fully saturated rings. The molecule has 2 atom stereocenters. The van der Waals surface area contributed by atoms with Gasteiger partial charge in [-0.05, 0) is 53.6 Å². The number of rotatable bonds is 1. The van der Waals surface area contributed by atoms with Crippen molar-refractivity contribution in [3.63, 3.8) is 0 Å². The molecule has 0 amide bonds. The number of carboxylic acids is 1. The normalized spacial score (nSPS) is 19.9. The van der Waals surface area contributed by atoms with Gasteiger partial charge in [0.1, 0.15) is 11.3 Å². The van der Waals surface area contributed by atoms with E-state index in [1.54, 1.807) is 12.4 Å². The van der Waals surface area contributed by atoms with Crippen molar-refractivity contribution in [1.29, 1.82) is 0 Å². The number of aromatic nitrogens is 2. The lowest BCUT2D eigenvalue weighted by Crippen LogP contribution is -2.28. The van der Waals surface area contributed by atoms with Crippen LogP contribution in [0, 0.1) is 0 Å². The van der Waals surface area contributed by atoms with Gasteiger partial charge in [0.25, 0.3) is 0 Å². The molecule has 2 bridgehead atoms. The van der Waals surface area contributed by atoms with Gasteiger partial charge in [0, 0.05) is 37.2 Å². The number of fused-ring (bicyclic) bond motifs is 6. The van der Waals surface area contributed by atoms with E-state index >= 15 is 0 Å². The monoisotopic (exact) mass is 364 g/mol. The van der Waals surface area contributed by atoms with Crippen molar-refractivity contribution in [3.05, 3.63) is 59.4 Å². The van der Waals surface area contributed by atoms with E-state index in [1.165, 1.54) is 35.7 Å². The summed E-state index contributed by atoms with van der Waals surface area (Å²) in [4.78, 5) is 19.1. The first-order chi connectivity index (χ1) is 13.0. The van der Waals surface area contributed by atoms with Gasteiger partial charge >= 0.3 is 5.97 Å². The third-order valence-corrected chi connectivity index (χ3v) is 5.16. The Labute approximate surface area is 155 Å². The van der Waals surface area contributed by atoms with Crippen molar-refractivity contribution in [2.24, 2.45) is 0 Å². The number of carboxylic acid groups (broad SMARTS) is 1. The van der Waals surface area contributed by atoms with Gasteiger partial charge in [0.2, 0.25) is 0 Å². The Hall–Kier alpha value is -3.19. The topological polar surface area (TPSA) is 121 Å². The minimum Gasteiger partial charge on any atom is -0.507 e. The number of anilines is 1. The molecule has 5 N–H and O–H groups in total. The molecule has 1 aliphatic carbocycles. The zero-order valence-corrected chi connectivity index (χ0v) is 14.6. The van der Waals surface area contributed by atoms with Crippen molar-refractivity contribution >= 4 is 22.7 Å². The molecule has 27 heavy (non-hydrogen) atoms. The van der Waals surface area contributed by atoms with E-state index in [0.717, 1.165) is 24.1 Å². The third kappa shape index (κ3) is 3.29. The lowest BCUT2D eigenvalue weighted by Gasteiger charge is -2.19. The Morgan fingerprint density at radius 3 is 2.15 bits per heavy atom. The van der Waals surface area contributed by atoms with Gasteiger partial charge in [-0.1, -0.05) is 0 Å². The molecule has 7 nitrogen and oxygen atoms in total. The fraction of sp³-hybridized carbons (Fsp3) is 0.250. The Kier molecular flexibility index (Phi) is 4.37. The van der Waals surface area contributed by atoms with Crippen LogP contribution in [-0.4, -0.2) is 39.2 Å². The van der Waals surface area contributed by atoms with Gasteiger partial charge in [-0.3, -0.25) is 9.97 Å². The number of aromatic hydroxyl groups is 1. The number of piperidine rings is 1. The minimum atomic E-state index is -1.16. The van der Waals surface area contributed by atoms with Crippen LogP contribution in [0.5, 0.6) is 5.75 Å². The summed E-state index contributed by atoms with van der Waals surface area (Å²) in [5.41, 5.74) is 10.6. The van der Waals surface area contributed by atoms with E-state index in [4.69, 9.17) is 15.9 Å². The van der Waals surface area contributed by atoms with Gasteiger partial charge < -0.3 is 21.3 Å². The zero-order chi connectivity index (χ0) is 19.0. The number of nitrogens with two attached hydrogens (primary N) is 1. The molecule has 2 aromatic carbocycles. The van der Waals surface area contributed by atoms with Gasteiger partial charge in [-0.15, -0.1) is 0 Å². The molecule has 0 saturated carbocycles. The molecule has 7 heteroatoms. The summed E-state index contributed by atoms with van der Waals surface area (Å²) in [5.74, 6) is -0.0830.